The number of hydrogen-bond acceptors (Lipinski definition) is 2. The van der Waals surface area contributed by atoms with E-state index in [2.05, 4.69) is 30.7 Å². The van der Waals surface area contributed by atoms with E-state index in [1.807, 2.05) is 0 Å². The summed E-state index contributed by atoms with van der Waals surface area (Å²) in [7, 11) is 0. The van der Waals surface area contributed by atoms with Crippen molar-refractivity contribution in [1.29, 1.82) is 0 Å². The smallest absolute Gasteiger partial charge is 0.223 e. The molecule has 0 saturated carbocycles. The van der Waals surface area contributed by atoms with Gasteiger partial charge in [0.2, 0.25) is 5.91 Å². The van der Waals surface area contributed by atoms with Crippen LogP contribution in [0.3, 0.4) is 0 Å². The van der Waals surface area contributed by atoms with E-state index in [4.69, 9.17) is 0 Å². The number of rotatable bonds is 10. The van der Waals surface area contributed by atoms with Gasteiger partial charge < -0.3 is 10.6 Å². The van der Waals surface area contributed by atoms with E-state index in [0.717, 1.165) is 19.5 Å². The molecule has 0 aromatic rings. The first-order valence-corrected chi connectivity index (χ1v) is 5.96. The molecule has 0 aromatic heterocycles. The molecule has 0 spiro atoms. The van der Waals surface area contributed by atoms with Crippen LogP contribution in [0.4, 0.5) is 0 Å². The molecule has 16 heavy (non-hydrogen) atoms. The highest BCUT2D eigenvalue weighted by Crippen LogP contribution is 2.09. The quantitative estimate of drug-likeness (QED) is 0.439. The van der Waals surface area contributed by atoms with Gasteiger partial charge in [-0.3, -0.25) is 4.79 Å². The molecule has 0 rings (SSSR count). The summed E-state index contributed by atoms with van der Waals surface area (Å²) in [5.41, 5.74) is 0. The summed E-state index contributed by atoms with van der Waals surface area (Å²) in [6.45, 7) is 12.0. The molecule has 0 fully saturated rings. The lowest BCUT2D eigenvalue weighted by molar-refractivity contribution is -0.124. The third-order valence-corrected chi connectivity index (χ3v) is 2.30. The van der Waals surface area contributed by atoms with E-state index in [9.17, 15) is 4.79 Å². The highest BCUT2D eigenvalue weighted by atomic mass is 16.1. The average Bonchev–Trinajstić information content (AvgIpc) is 2.28. The van der Waals surface area contributed by atoms with Crippen LogP contribution < -0.4 is 10.6 Å². The van der Waals surface area contributed by atoms with Gasteiger partial charge in [0.25, 0.3) is 0 Å². The second-order valence-corrected chi connectivity index (χ2v) is 3.79. The van der Waals surface area contributed by atoms with Crippen LogP contribution in [0.15, 0.2) is 25.3 Å². The summed E-state index contributed by atoms with van der Waals surface area (Å²) in [6, 6.07) is 0. The van der Waals surface area contributed by atoms with Crippen molar-refractivity contribution in [3.63, 3.8) is 0 Å². The van der Waals surface area contributed by atoms with E-state index in [0.29, 0.717) is 19.4 Å². The highest BCUT2D eigenvalue weighted by Gasteiger charge is 2.14. The first-order chi connectivity index (χ1) is 7.76. The van der Waals surface area contributed by atoms with Gasteiger partial charge in [-0.05, 0) is 25.8 Å². The summed E-state index contributed by atoms with van der Waals surface area (Å²) < 4.78 is 0. The maximum absolute atomic E-state index is 11.7. The average molecular weight is 224 g/mol. The zero-order valence-corrected chi connectivity index (χ0v) is 10.3. The Kier molecular flexibility index (Phi) is 9.72. The number of nitrogens with one attached hydrogen (secondary N) is 2. The predicted octanol–water partition coefficient (Wildman–Crippen LogP) is 1.87. The maximum atomic E-state index is 11.7. The Hall–Kier alpha value is -1.09. The molecular formula is C13H24N2O. The highest BCUT2D eigenvalue weighted by molar-refractivity contribution is 5.78. The molecule has 0 bridgehead atoms. The van der Waals surface area contributed by atoms with Crippen LogP contribution in [0.5, 0.6) is 0 Å². The van der Waals surface area contributed by atoms with Crippen molar-refractivity contribution in [2.24, 2.45) is 5.92 Å². The van der Waals surface area contributed by atoms with Crippen LogP contribution in [0.25, 0.3) is 0 Å². The standard InChI is InChI=1S/C13H24N2O/c1-4-7-12(8-5-2)13(16)15-11-10-14-9-6-3/h4-5,12,14H,1-2,6-11H2,3H3,(H,15,16). The molecule has 0 saturated heterocycles. The van der Waals surface area contributed by atoms with Gasteiger partial charge in [0.1, 0.15) is 0 Å². The van der Waals surface area contributed by atoms with Crippen LogP contribution in [0, 0.1) is 5.92 Å². The van der Waals surface area contributed by atoms with E-state index in [-0.39, 0.29) is 11.8 Å². The van der Waals surface area contributed by atoms with Crippen molar-refractivity contribution < 1.29 is 4.79 Å². The summed E-state index contributed by atoms with van der Waals surface area (Å²) in [5.74, 6) is 0.0827. The third-order valence-electron chi connectivity index (χ3n) is 2.30. The fraction of sp³-hybridized carbons (Fsp3) is 0.615. The van der Waals surface area contributed by atoms with Crippen molar-refractivity contribution in [3.05, 3.63) is 25.3 Å². The zero-order valence-electron chi connectivity index (χ0n) is 10.3. The molecular weight excluding hydrogens is 200 g/mol. The monoisotopic (exact) mass is 224 g/mol. The summed E-state index contributed by atoms with van der Waals surface area (Å²) in [6.07, 6.45) is 6.09. The minimum atomic E-state index is -0.0128. The van der Waals surface area contributed by atoms with E-state index >= 15 is 0 Å². The van der Waals surface area contributed by atoms with Gasteiger partial charge in [0.05, 0.1) is 0 Å². The Labute approximate surface area is 99.0 Å². The summed E-state index contributed by atoms with van der Waals surface area (Å²) in [4.78, 5) is 11.7. The largest absolute Gasteiger partial charge is 0.355 e. The van der Waals surface area contributed by atoms with Crippen LogP contribution >= 0.6 is 0 Å². The minimum absolute atomic E-state index is 0.0128. The van der Waals surface area contributed by atoms with Crippen molar-refractivity contribution in [2.75, 3.05) is 19.6 Å². The maximum Gasteiger partial charge on any atom is 0.223 e. The van der Waals surface area contributed by atoms with Crippen molar-refractivity contribution in [2.45, 2.75) is 26.2 Å². The lowest BCUT2D eigenvalue weighted by Crippen LogP contribution is -2.35. The SMILES string of the molecule is C=CCC(CC=C)C(=O)NCCNCCC. The van der Waals surface area contributed by atoms with Crippen LogP contribution in [-0.2, 0) is 4.79 Å². The Morgan fingerprint density at radius 1 is 1.19 bits per heavy atom. The zero-order chi connectivity index (χ0) is 12.2. The molecule has 0 unspecified atom stereocenters. The normalized spacial score (nSPS) is 10.1. The second-order valence-electron chi connectivity index (χ2n) is 3.79. The Balaban J connectivity index is 3.73. The van der Waals surface area contributed by atoms with Gasteiger partial charge in [0.15, 0.2) is 0 Å². The number of amides is 1. The first kappa shape index (κ1) is 14.9. The summed E-state index contributed by atoms with van der Waals surface area (Å²) >= 11 is 0. The number of hydrogen-bond donors (Lipinski definition) is 2. The molecule has 92 valence electrons. The van der Waals surface area contributed by atoms with Crippen LogP contribution in [-0.4, -0.2) is 25.5 Å². The van der Waals surface area contributed by atoms with Gasteiger partial charge in [-0.15, -0.1) is 13.2 Å². The molecule has 0 heterocycles. The third kappa shape index (κ3) is 7.23. The van der Waals surface area contributed by atoms with E-state index < -0.39 is 0 Å². The minimum Gasteiger partial charge on any atom is -0.355 e. The molecule has 0 aliphatic heterocycles. The van der Waals surface area contributed by atoms with Gasteiger partial charge >= 0.3 is 0 Å². The van der Waals surface area contributed by atoms with Crippen molar-refractivity contribution in [1.82, 2.24) is 10.6 Å². The van der Waals surface area contributed by atoms with Crippen LogP contribution in [0.1, 0.15) is 26.2 Å². The van der Waals surface area contributed by atoms with Gasteiger partial charge in [-0.1, -0.05) is 19.1 Å². The Bertz CT molecular complexity index is 204. The summed E-state index contributed by atoms with van der Waals surface area (Å²) in [5, 5.41) is 6.15. The fourth-order valence-corrected chi connectivity index (χ4v) is 1.43. The number of allylic oxidation sites excluding steroid dienone is 2. The van der Waals surface area contributed by atoms with Crippen molar-refractivity contribution >= 4 is 5.91 Å². The Morgan fingerprint density at radius 2 is 1.81 bits per heavy atom. The second kappa shape index (κ2) is 10.4. The molecule has 2 N–H and O–H groups in total. The molecule has 3 heteroatoms. The molecule has 3 nitrogen and oxygen atoms in total. The molecule has 0 aliphatic rings. The molecule has 0 aromatic carbocycles. The molecule has 1 amide bonds. The van der Waals surface area contributed by atoms with Crippen molar-refractivity contribution in [3.8, 4) is 0 Å². The molecule has 0 aliphatic carbocycles. The molecule has 0 radical (unpaired) electrons. The van der Waals surface area contributed by atoms with Gasteiger partial charge in [-0.2, -0.15) is 0 Å². The van der Waals surface area contributed by atoms with E-state index in [1.54, 1.807) is 12.2 Å². The van der Waals surface area contributed by atoms with Gasteiger partial charge in [-0.25, -0.2) is 0 Å². The Morgan fingerprint density at radius 3 is 2.31 bits per heavy atom. The van der Waals surface area contributed by atoms with Crippen LogP contribution in [0.2, 0.25) is 0 Å². The van der Waals surface area contributed by atoms with E-state index in [1.165, 1.54) is 0 Å². The predicted molar refractivity (Wildman–Crippen MR) is 69.3 cm³/mol. The van der Waals surface area contributed by atoms with Gasteiger partial charge in [0, 0.05) is 19.0 Å². The molecule has 0 atom stereocenters. The fourth-order valence-electron chi connectivity index (χ4n) is 1.43. The number of carbonyl (C=O) groups excluding carboxylic acids is 1. The topological polar surface area (TPSA) is 41.1 Å². The first-order valence-electron chi connectivity index (χ1n) is 5.96. The lowest BCUT2D eigenvalue weighted by Gasteiger charge is -2.13. The lowest BCUT2D eigenvalue weighted by atomic mass is 10.0. The number of carbonyl (C=O) groups is 1.